The first-order valence-corrected chi connectivity index (χ1v) is 17.5. The average molecular weight is 670 g/mol. The van der Waals surface area contributed by atoms with Gasteiger partial charge >= 0.3 is 0 Å². The summed E-state index contributed by atoms with van der Waals surface area (Å²) >= 11 is 0. The number of rotatable bonds is 13. The molecular formula is C37H39N3O7S. The van der Waals surface area contributed by atoms with E-state index in [-0.39, 0.29) is 43.0 Å². The summed E-state index contributed by atoms with van der Waals surface area (Å²) in [6.45, 7) is 1.65. The van der Waals surface area contributed by atoms with Crippen molar-refractivity contribution in [2.24, 2.45) is 0 Å². The van der Waals surface area contributed by atoms with Gasteiger partial charge in [-0.25, -0.2) is 8.42 Å². The third-order valence-electron chi connectivity index (χ3n) is 8.67. The van der Waals surface area contributed by atoms with Gasteiger partial charge in [0.05, 0.1) is 12.0 Å². The van der Waals surface area contributed by atoms with Crippen LogP contribution in [0.25, 0.3) is 0 Å². The zero-order chi connectivity index (χ0) is 33.5. The molecule has 11 heteroatoms. The Morgan fingerprint density at radius 3 is 2.23 bits per heavy atom. The molecule has 0 bridgehead atoms. The van der Waals surface area contributed by atoms with E-state index in [1.54, 1.807) is 36.3 Å². The number of nitrogens with zero attached hydrogens (tertiary/aromatic N) is 2. The first-order chi connectivity index (χ1) is 23.3. The number of fused-ring (bicyclic) bond motifs is 1. The molecule has 2 aliphatic rings. The molecule has 0 saturated carbocycles. The highest BCUT2D eigenvalue weighted by Crippen LogP contribution is 2.33. The first kappa shape index (κ1) is 33.0. The second-order valence-electron chi connectivity index (χ2n) is 11.8. The molecule has 2 amide bonds. The van der Waals surface area contributed by atoms with Gasteiger partial charge in [0.25, 0.3) is 0 Å². The van der Waals surface area contributed by atoms with Crippen molar-refractivity contribution in [3.8, 4) is 17.2 Å². The van der Waals surface area contributed by atoms with E-state index in [9.17, 15) is 18.0 Å². The molecule has 4 aromatic carbocycles. The van der Waals surface area contributed by atoms with Gasteiger partial charge in [0.15, 0.2) is 11.5 Å². The van der Waals surface area contributed by atoms with Crippen LogP contribution in [0.5, 0.6) is 17.2 Å². The topological polar surface area (TPSA) is 114 Å². The zero-order valence-electron chi connectivity index (χ0n) is 26.8. The number of amides is 2. The van der Waals surface area contributed by atoms with Gasteiger partial charge in [0, 0.05) is 32.6 Å². The van der Waals surface area contributed by atoms with E-state index in [2.05, 4.69) is 5.32 Å². The van der Waals surface area contributed by atoms with Gasteiger partial charge in [-0.05, 0) is 77.9 Å². The molecule has 0 unspecified atom stereocenters. The molecule has 1 fully saturated rings. The lowest BCUT2D eigenvalue weighted by Gasteiger charge is -2.32. The third-order valence-corrected chi connectivity index (χ3v) is 10.6. The second-order valence-corrected chi connectivity index (χ2v) is 13.8. The smallest absolute Gasteiger partial charge is 0.247 e. The highest BCUT2D eigenvalue weighted by Gasteiger charge is 2.32. The number of carbonyl (C=O) groups is 2. The third kappa shape index (κ3) is 7.64. The summed E-state index contributed by atoms with van der Waals surface area (Å²) < 4.78 is 43.7. The summed E-state index contributed by atoms with van der Waals surface area (Å²) in [6.07, 6.45) is 2.23. The van der Waals surface area contributed by atoms with Crippen LogP contribution >= 0.6 is 0 Å². The number of methoxy groups -OCH3 is 1. The normalized spacial score (nSPS) is 14.8. The lowest BCUT2D eigenvalue weighted by Crippen LogP contribution is -2.43. The van der Waals surface area contributed by atoms with E-state index in [4.69, 9.17) is 14.2 Å². The highest BCUT2D eigenvalue weighted by atomic mass is 32.2. The predicted octanol–water partition coefficient (Wildman–Crippen LogP) is 5.23. The van der Waals surface area contributed by atoms with Crippen LogP contribution in [0.1, 0.15) is 47.6 Å². The van der Waals surface area contributed by atoms with Crippen molar-refractivity contribution < 1.29 is 32.2 Å². The van der Waals surface area contributed by atoms with Crippen LogP contribution in [-0.4, -0.2) is 56.4 Å². The fraction of sp³-hybridized carbons (Fsp3) is 0.297. The van der Waals surface area contributed by atoms with Crippen LogP contribution < -0.4 is 19.5 Å². The Bertz CT molecular complexity index is 1830. The summed E-state index contributed by atoms with van der Waals surface area (Å²) in [5.41, 5.74) is 3.18. The Morgan fingerprint density at radius 2 is 1.52 bits per heavy atom. The summed E-state index contributed by atoms with van der Waals surface area (Å²) in [4.78, 5) is 30.1. The Labute approximate surface area is 281 Å². The number of ether oxygens (including phenoxy) is 3. The van der Waals surface area contributed by atoms with E-state index in [1.807, 2.05) is 72.8 Å². The monoisotopic (exact) mass is 669 g/mol. The molecule has 1 N–H and O–H groups in total. The van der Waals surface area contributed by atoms with Crippen LogP contribution in [0.15, 0.2) is 102 Å². The number of hydrogen-bond acceptors (Lipinski definition) is 7. The molecule has 0 spiro atoms. The summed E-state index contributed by atoms with van der Waals surface area (Å²) in [6, 6.07) is 28.0. The van der Waals surface area contributed by atoms with Crippen molar-refractivity contribution in [2.75, 3.05) is 27.0 Å². The molecule has 6 rings (SSSR count). The van der Waals surface area contributed by atoms with E-state index in [0.717, 1.165) is 29.5 Å². The lowest BCUT2D eigenvalue weighted by atomic mass is 10.0. The number of nitrogens with one attached hydrogen (secondary N) is 1. The molecule has 48 heavy (non-hydrogen) atoms. The number of carbonyl (C=O) groups excluding carboxylic acids is 2. The minimum atomic E-state index is -3.53. The van der Waals surface area contributed by atoms with E-state index in [1.165, 1.54) is 4.31 Å². The largest absolute Gasteiger partial charge is 0.497 e. The van der Waals surface area contributed by atoms with Crippen LogP contribution in [-0.2, 0) is 39.1 Å². The molecule has 4 aromatic rings. The van der Waals surface area contributed by atoms with Crippen molar-refractivity contribution in [3.63, 3.8) is 0 Å². The molecular weight excluding hydrogens is 630 g/mol. The fourth-order valence-electron chi connectivity index (χ4n) is 6.00. The Hall–Kier alpha value is -4.87. The van der Waals surface area contributed by atoms with Crippen molar-refractivity contribution in [1.29, 1.82) is 0 Å². The minimum absolute atomic E-state index is 0.118. The molecule has 2 aliphatic heterocycles. The van der Waals surface area contributed by atoms with Crippen LogP contribution in [0.3, 0.4) is 0 Å². The van der Waals surface area contributed by atoms with Crippen molar-refractivity contribution in [1.82, 2.24) is 14.5 Å². The van der Waals surface area contributed by atoms with Crippen LogP contribution in [0.2, 0.25) is 0 Å². The van der Waals surface area contributed by atoms with Crippen LogP contribution in [0, 0.1) is 0 Å². The van der Waals surface area contributed by atoms with Gasteiger partial charge in [0.1, 0.15) is 11.8 Å². The molecule has 0 radical (unpaired) electrons. The molecule has 2 heterocycles. The molecule has 1 saturated heterocycles. The summed E-state index contributed by atoms with van der Waals surface area (Å²) in [5, 5.41) is 3.04. The van der Waals surface area contributed by atoms with E-state index >= 15 is 0 Å². The van der Waals surface area contributed by atoms with Crippen molar-refractivity contribution >= 4 is 21.8 Å². The number of benzene rings is 4. The van der Waals surface area contributed by atoms with Gasteiger partial charge in [0.2, 0.25) is 28.6 Å². The number of aryl methyl sites for hydroxylation is 1. The van der Waals surface area contributed by atoms with Crippen LogP contribution in [0.4, 0.5) is 0 Å². The number of hydrogen-bond donors (Lipinski definition) is 1. The maximum absolute atomic E-state index is 14.2. The fourth-order valence-corrected chi connectivity index (χ4v) is 7.51. The summed E-state index contributed by atoms with van der Waals surface area (Å²) in [7, 11) is -1.94. The maximum Gasteiger partial charge on any atom is 0.247 e. The maximum atomic E-state index is 14.2. The Morgan fingerprint density at radius 1 is 0.854 bits per heavy atom. The second kappa shape index (κ2) is 14.9. The van der Waals surface area contributed by atoms with E-state index < -0.39 is 16.1 Å². The van der Waals surface area contributed by atoms with Gasteiger partial charge in [-0.15, -0.1) is 0 Å². The molecule has 10 nitrogen and oxygen atoms in total. The zero-order valence-corrected chi connectivity index (χ0v) is 27.7. The average Bonchev–Trinajstić information content (AvgIpc) is 3.84. The van der Waals surface area contributed by atoms with Gasteiger partial charge in [-0.1, -0.05) is 60.7 Å². The first-order valence-electron chi connectivity index (χ1n) is 16.0. The molecule has 1 atom stereocenters. The van der Waals surface area contributed by atoms with Gasteiger partial charge in [-0.2, -0.15) is 4.31 Å². The van der Waals surface area contributed by atoms with Crippen molar-refractivity contribution in [3.05, 3.63) is 119 Å². The molecule has 0 aromatic heterocycles. The molecule has 250 valence electrons. The predicted molar refractivity (Wildman–Crippen MR) is 180 cm³/mol. The Balaban J connectivity index is 1.23. The summed E-state index contributed by atoms with van der Waals surface area (Å²) in [5.74, 6) is 1.43. The highest BCUT2D eigenvalue weighted by molar-refractivity contribution is 7.89. The van der Waals surface area contributed by atoms with Gasteiger partial charge < -0.3 is 24.4 Å². The number of sulfonamides is 1. The quantitative estimate of drug-likeness (QED) is 0.208. The van der Waals surface area contributed by atoms with Crippen molar-refractivity contribution in [2.45, 2.75) is 49.7 Å². The van der Waals surface area contributed by atoms with Gasteiger partial charge in [-0.3, -0.25) is 9.59 Å². The minimum Gasteiger partial charge on any atom is -0.497 e. The standard InChI is InChI=1S/C37H39N3O7S/c1-45-31-15-9-28(10-16-31)25-40(35(41)20-14-27-11-17-32(18-12-27)48(43,44)39-21-5-6-22-39)36(30-7-3-2-4-8-30)37(42)38-24-29-13-19-33-34(23-29)47-26-46-33/h2-4,7-13,15-19,23,36H,5-6,14,20-22,24-26H2,1H3,(H,38,42)/t36-/m0/s1. The molecule has 0 aliphatic carbocycles. The Kier molecular flexibility index (Phi) is 10.3. The lowest BCUT2D eigenvalue weighted by molar-refractivity contribution is -0.141. The SMILES string of the molecule is COc1ccc(CN(C(=O)CCc2ccc(S(=O)(=O)N3CCCC3)cc2)[C@H](C(=O)NCc2ccc3c(c2)OCO3)c2ccccc2)cc1. The van der Waals surface area contributed by atoms with E-state index in [0.29, 0.717) is 42.3 Å².